The fraction of sp³-hybridized carbons (Fsp3) is 0.375. The number of hydrogen-bond acceptors (Lipinski definition) is 4. The first-order valence-corrected chi connectivity index (χ1v) is 8.18. The molecule has 2 aromatic heterocycles. The van der Waals surface area contributed by atoms with E-state index >= 15 is 0 Å². The van der Waals surface area contributed by atoms with Gasteiger partial charge in [0.05, 0.1) is 15.2 Å². The van der Waals surface area contributed by atoms with Gasteiger partial charge in [0.15, 0.2) is 0 Å². The van der Waals surface area contributed by atoms with E-state index in [0.29, 0.717) is 6.04 Å². The second-order valence-corrected chi connectivity index (χ2v) is 6.37. The summed E-state index contributed by atoms with van der Waals surface area (Å²) >= 11 is 1.80. The molecule has 0 radical (unpaired) electrons. The van der Waals surface area contributed by atoms with Crippen molar-refractivity contribution in [2.24, 2.45) is 0 Å². The van der Waals surface area contributed by atoms with Crippen LogP contribution in [0.5, 0.6) is 0 Å². The van der Waals surface area contributed by atoms with E-state index in [2.05, 4.69) is 40.5 Å². The van der Waals surface area contributed by atoms with Crippen LogP contribution in [-0.4, -0.2) is 27.4 Å². The van der Waals surface area contributed by atoms with Crippen LogP contribution in [0.4, 0.5) is 0 Å². The minimum atomic E-state index is 0.447. The van der Waals surface area contributed by atoms with E-state index in [0.717, 1.165) is 31.4 Å². The van der Waals surface area contributed by atoms with Gasteiger partial charge in [0.25, 0.3) is 0 Å². The molecule has 3 aromatic rings. The van der Waals surface area contributed by atoms with Crippen molar-refractivity contribution in [3.8, 4) is 0 Å². The number of benzene rings is 1. The molecular formula is C16H20N4S. The van der Waals surface area contributed by atoms with Crippen LogP contribution in [0.3, 0.4) is 0 Å². The molecule has 21 heavy (non-hydrogen) atoms. The normalized spacial score (nSPS) is 12.8. The number of nitrogens with zero attached hydrogens (tertiary/aromatic N) is 3. The maximum absolute atomic E-state index is 4.69. The van der Waals surface area contributed by atoms with Gasteiger partial charge in [0.1, 0.15) is 0 Å². The van der Waals surface area contributed by atoms with E-state index in [4.69, 9.17) is 0 Å². The Kier molecular flexibility index (Phi) is 4.62. The number of aryl methyl sites for hydroxylation is 1. The van der Waals surface area contributed by atoms with Gasteiger partial charge in [-0.15, -0.1) is 11.3 Å². The molecule has 0 fully saturated rings. The summed E-state index contributed by atoms with van der Waals surface area (Å²) in [6.07, 6.45) is 5.90. The maximum Gasteiger partial charge on any atom is 0.0954 e. The summed E-state index contributed by atoms with van der Waals surface area (Å²) in [4.78, 5) is 4.69. The van der Waals surface area contributed by atoms with Crippen molar-refractivity contribution in [1.82, 2.24) is 20.1 Å². The van der Waals surface area contributed by atoms with Gasteiger partial charge in [-0.05, 0) is 38.1 Å². The molecule has 4 nitrogen and oxygen atoms in total. The van der Waals surface area contributed by atoms with Crippen molar-refractivity contribution >= 4 is 21.6 Å². The van der Waals surface area contributed by atoms with Crippen molar-refractivity contribution < 1.29 is 0 Å². The Balaban J connectivity index is 1.44. The Hall–Kier alpha value is -1.72. The molecule has 0 amide bonds. The number of thiazole rings is 1. The van der Waals surface area contributed by atoms with Crippen LogP contribution in [0.1, 0.15) is 18.4 Å². The van der Waals surface area contributed by atoms with Crippen LogP contribution in [-0.2, 0) is 13.0 Å². The largest absolute Gasteiger partial charge is 0.314 e. The molecule has 0 aliphatic heterocycles. The lowest BCUT2D eigenvalue weighted by molar-refractivity contribution is 0.494. The predicted molar refractivity (Wildman–Crippen MR) is 87.6 cm³/mol. The van der Waals surface area contributed by atoms with Crippen LogP contribution in [0.15, 0.2) is 42.7 Å². The molecule has 1 N–H and O–H groups in total. The Bertz CT molecular complexity index is 641. The van der Waals surface area contributed by atoms with Crippen LogP contribution in [0.2, 0.25) is 0 Å². The molecule has 2 heterocycles. The molecule has 0 spiro atoms. The minimum Gasteiger partial charge on any atom is -0.314 e. The van der Waals surface area contributed by atoms with E-state index in [9.17, 15) is 0 Å². The molecule has 110 valence electrons. The first kappa shape index (κ1) is 14.2. The van der Waals surface area contributed by atoms with Gasteiger partial charge >= 0.3 is 0 Å². The van der Waals surface area contributed by atoms with E-state index < -0.39 is 0 Å². The van der Waals surface area contributed by atoms with Gasteiger partial charge in [-0.25, -0.2) is 4.98 Å². The molecule has 5 heteroatoms. The summed E-state index contributed by atoms with van der Waals surface area (Å²) in [6.45, 7) is 4.19. The molecule has 3 rings (SSSR count). The average Bonchev–Trinajstić information content (AvgIpc) is 3.12. The van der Waals surface area contributed by atoms with Crippen molar-refractivity contribution in [3.05, 3.63) is 47.7 Å². The van der Waals surface area contributed by atoms with E-state index in [1.54, 1.807) is 11.3 Å². The smallest absolute Gasteiger partial charge is 0.0954 e. The summed E-state index contributed by atoms with van der Waals surface area (Å²) in [6, 6.07) is 10.7. The summed E-state index contributed by atoms with van der Waals surface area (Å²) in [7, 11) is 0. The van der Waals surface area contributed by atoms with Gasteiger partial charge < -0.3 is 5.32 Å². The summed E-state index contributed by atoms with van der Waals surface area (Å²) in [5.41, 5.74) is 1.11. The van der Waals surface area contributed by atoms with Gasteiger partial charge in [0.2, 0.25) is 0 Å². The number of nitrogens with one attached hydrogen (secondary N) is 1. The molecule has 0 saturated carbocycles. The number of para-hydroxylation sites is 1. The van der Waals surface area contributed by atoms with Crippen LogP contribution in [0.25, 0.3) is 10.2 Å². The zero-order valence-electron chi connectivity index (χ0n) is 12.2. The first-order valence-electron chi connectivity index (χ1n) is 7.36. The second kappa shape index (κ2) is 6.83. The average molecular weight is 300 g/mol. The van der Waals surface area contributed by atoms with Crippen molar-refractivity contribution in [2.75, 3.05) is 6.54 Å². The summed E-state index contributed by atoms with van der Waals surface area (Å²) in [5.74, 6) is 0. The van der Waals surface area contributed by atoms with E-state index in [1.165, 1.54) is 9.71 Å². The highest BCUT2D eigenvalue weighted by Crippen LogP contribution is 2.22. The first-order chi connectivity index (χ1) is 10.3. The van der Waals surface area contributed by atoms with Gasteiger partial charge in [0, 0.05) is 31.4 Å². The highest BCUT2D eigenvalue weighted by atomic mass is 32.1. The zero-order chi connectivity index (χ0) is 14.5. The number of hydrogen-bond donors (Lipinski definition) is 1. The molecule has 0 saturated heterocycles. The highest BCUT2D eigenvalue weighted by Gasteiger charge is 2.07. The van der Waals surface area contributed by atoms with Crippen molar-refractivity contribution in [2.45, 2.75) is 32.4 Å². The monoisotopic (exact) mass is 300 g/mol. The van der Waals surface area contributed by atoms with Crippen molar-refractivity contribution in [1.29, 1.82) is 0 Å². The van der Waals surface area contributed by atoms with E-state index in [-0.39, 0.29) is 0 Å². The molecule has 1 aromatic carbocycles. The van der Waals surface area contributed by atoms with Gasteiger partial charge in [-0.2, -0.15) is 5.10 Å². The number of aromatic nitrogens is 3. The second-order valence-electron chi connectivity index (χ2n) is 5.26. The Morgan fingerprint density at radius 1 is 1.29 bits per heavy atom. The summed E-state index contributed by atoms with van der Waals surface area (Å²) < 4.78 is 3.25. The SMILES string of the molecule is C[C@@H](Cc1nc2ccccc2s1)NCCCn1cccn1. The van der Waals surface area contributed by atoms with E-state index in [1.807, 2.05) is 29.2 Å². The third kappa shape index (κ3) is 3.89. The maximum atomic E-state index is 4.69. The quantitative estimate of drug-likeness (QED) is 0.682. The van der Waals surface area contributed by atoms with Crippen LogP contribution < -0.4 is 5.32 Å². The van der Waals surface area contributed by atoms with Gasteiger partial charge in [-0.1, -0.05) is 12.1 Å². The lowest BCUT2D eigenvalue weighted by Crippen LogP contribution is -2.29. The summed E-state index contributed by atoms with van der Waals surface area (Å²) in [5, 5.41) is 8.98. The van der Waals surface area contributed by atoms with Gasteiger partial charge in [-0.3, -0.25) is 4.68 Å². The topological polar surface area (TPSA) is 42.7 Å². The van der Waals surface area contributed by atoms with Crippen LogP contribution >= 0.6 is 11.3 Å². The molecule has 0 unspecified atom stereocenters. The number of fused-ring (bicyclic) bond motifs is 1. The lowest BCUT2D eigenvalue weighted by atomic mass is 10.2. The molecular weight excluding hydrogens is 280 g/mol. The third-order valence-electron chi connectivity index (χ3n) is 3.43. The fourth-order valence-electron chi connectivity index (χ4n) is 2.36. The fourth-order valence-corrected chi connectivity index (χ4v) is 3.46. The standard InChI is InChI=1S/C16H20N4S/c1-13(17-8-4-10-20-11-5-9-18-20)12-16-19-14-6-2-3-7-15(14)21-16/h2-3,5-7,9,11,13,17H,4,8,10,12H2,1H3/t13-/m0/s1. The lowest BCUT2D eigenvalue weighted by Gasteiger charge is -2.12. The Morgan fingerprint density at radius 3 is 3.00 bits per heavy atom. The third-order valence-corrected chi connectivity index (χ3v) is 4.49. The predicted octanol–water partition coefficient (Wildman–Crippen LogP) is 3.10. The number of rotatable bonds is 7. The van der Waals surface area contributed by atoms with Crippen molar-refractivity contribution in [3.63, 3.8) is 0 Å². The molecule has 0 aliphatic carbocycles. The Labute approximate surface area is 128 Å². The Morgan fingerprint density at radius 2 is 2.19 bits per heavy atom. The molecule has 0 bridgehead atoms. The highest BCUT2D eigenvalue weighted by molar-refractivity contribution is 7.18. The van der Waals surface area contributed by atoms with Crippen LogP contribution in [0, 0.1) is 0 Å². The molecule has 0 aliphatic rings. The minimum absolute atomic E-state index is 0.447. The zero-order valence-corrected chi connectivity index (χ0v) is 13.0. The molecule has 1 atom stereocenters.